The summed E-state index contributed by atoms with van der Waals surface area (Å²) in [6.45, 7) is 0. The minimum Gasteiger partial charge on any atom is -0.481 e. The quantitative estimate of drug-likeness (QED) is 0.772. The van der Waals surface area contributed by atoms with Gasteiger partial charge in [0, 0.05) is 6.42 Å². The van der Waals surface area contributed by atoms with Gasteiger partial charge in [-0.15, -0.1) is 12.4 Å². The molecule has 1 heterocycles. The van der Waals surface area contributed by atoms with Crippen molar-refractivity contribution < 1.29 is 9.90 Å². The molecule has 0 atom stereocenters. The van der Waals surface area contributed by atoms with Gasteiger partial charge in [-0.1, -0.05) is 24.3 Å². The molecule has 3 rings (SSSR count). The van der Waals surface area contributed by atoms with E-state index in [0.29, 0.717) is 6.42 Å². The number of carboxylic acid groups (broad SMARTS) is 1. The predicted molar refractivity (Wildman–Crippen MR) is 76.8 cm³/mol. The second kappa shape index (κ2) is 5.28. The highest BCUT2D eigenvalue weighted by atomic mass is 35.5. The summed E-state index contributed by atoms with van der Waals surface area (Å²) < 4.78 is 0. The van der Waals surface area contributed by atoms with Crippen molar-refractivity contribution in [3.05, 3.63) is 42.2 Å². The first-order valence-electron chi connectivity index (χ1n) is 5.81. The van der Waals surface area contributed by atoms with Gasteiger partial charge in [0.05, 0.1) is 17.5 Å². The fourth-order valence-corrected chi connectivity index (χ4v) is 2.09. The summed E-state index contributed by atoms with van der Waals surface area (Å²) in [6, 6.07) is 12.1. The van der Waals surface area contributed by atoms with Gasteiger partial charge in [-0.25, -0.2) is 4.98 Å². The highest BCUT2D eigenvalue weighted by Crippen LogP contribution is 2.21. The van der Waals surface area contributed by atoms with Crippen LogP contribution in [0.5, 0.6) is 0 Å². The number of rotatable bonds is 3. The molecule has 0 amide bonds. The van der Waals surface area contributed by atoms with Gasteiger partial charge >= 0.3 is 5.97 Å². The number of nitrogens with one attached hydrogen (secondary N) is 1. The summed E-state index contributed by atoms with van der Waals surface area (Å²) in [5.41, 5.74) is 1.84. The Hall–Kier alpha value is -2.07. The predicted octanol–water partition coefficient (Wildman–Crippen LogP) is 3.16. The normalized spacial score (nSPS) is 10.5. The molecular formula is C14H13ClN2O2. The van der Waals surface area contributed by atoms with Gasteiger partial charge in [0.2, 0.25) is 0 Å². The maximum absolute atomic E-state index is 10.5. The first-order valence-corrected chi connectivity index (χ1v) is 5.81. The zero-order chi connectivity index (χ0) is 12.5. The Balaban J connectivity index is 0.00000133. The highest BCUT2D eigenvalue weighted by Gasteiger charge is 2.06. The van der Waals surface area contributed by atoms with E-state index in [1.165, 1.54) is 0 Å². The smallest absolute Gasteiger partial charge is 0.303 e. The number of aryl methyl sites for hydroxylation is 1. The maximum Gasteiger partial charge on any atom is 0.303 e. The van der Waals surface area contributed by atoms with Crippen LogP contribution in [0.1, 0.15) is 12.2 Å². The van der Waals surface area contributed by atoms with Gasteiger partial charge in [0.25, 0.3) is 0 Å². The van der Waals surface area contributed by atoms with E-state index in [1.54, 1.807) is 0 Å². The fourth-order valence-electron chi connectivity index (χ4n) is 2.09. The Morgan fingerprint density at radius 2 is 1.89 bits per heavy atom. The molecular weight excluding hydrogens is 264 g/mol. The van der Waals surface area contributed by atoms with Crippen LogP contribution in [-0.4, -0.2) is 21.0 Å². The number of H-pyrrole nitrogens is 1. The average molecular weight is 277 g/mol. The van der Waals surface area contributed by atoms with Crippen molar-refractivity contribution in [3.8, 4) is 0 Å². The third-order valence-corrected chi connectivity index (χ3v) is 2.97. The Kier molecular flexibility index (Phi) is 3.71. The third kappa shape index (κ3) is 2.69. The lowest BCUT2D eigenvalue weighted by molar-refractivity contribution is -0.137. The number of carbonyl (C=O) groups is 1. The topological polar surface area (TPSA) is 66.0 Å². The van der Waals surface area contributed by atoms with E-state index in [2.05, 4.69) is 9.97 Å². The van der Waals surface area contributed by atoms with Crippen LogP contribution >= 0.6 is 12.4 Å². The van der Waals surface area contributed by atoms with E-state index in [1.807, 2.05) is 36.4 Å². The van der Waals surface area contributed by atoms with Crippen LogP contribution in [0.15, 0.2) is 36.4 Å². The van der Waals surface area contributed by atoms with Crippen molar-refractivity contribution in [3.63, 3.8) is 0 Å². The summed E-state index contributed by atoms with van der Waals surface area (Å²) in [5, 5.41) is 11.0. The minimum atomic E-state index is -0.805. The van der Waals surface area contributed by atoms with Crippen LogP contribution < -0.4 is 0 Å². The van der Waals surface area contributed by atoms with Crippen LogP contribution in [0, 0.1) is 0 Å². The van der Waals surface area contributed by atoms with Gasteiger partial charge in [0.1, 0.15) is 5.82 Å². The first kappa shape index (κ1) is 13.4. The molecule has 19 heavy (non-hydrogen) atoms. The molecule has 0 radical (unpaired) electrons. The lowest BCUT2D eigenvalue weighted by atomic mass is 10.1. The lowest BCUT2D eigenvalue weighted by Crippen LogP contribution is -1.98. The lowest BCUT2D eigenvalue weighted by Gasteiger charge is -1.95. The van der Waals surface area contributed by atoms with Crippen molar-refractivity contribution in [1.29, 1.82) is 0 Å². The number of carboxylic acids is 1. The van der Waals surface area contributed by atoms with Gasteiger partial charge < -0.3 is 10.1 Å². The van der Waals surface area contributed by atoms with E-state index in [9.17, 15) is 4.79 Å². The first-order chi connectivity index (χ1) is 8.72. The van der Waals surface area contributed by atoms with Crippen LogP contribution in [0.4, 0.5) is 0 Å². The monoisotopic (exact) mass is 276 g/mol. The number of aliphatic carboxylic acids is 1. The molecule has 2 N–H and O–H groups in total. The molecule has 0 aliphatic rings. The minimum absolute atomic E-state index is 0. The molecule has 0 fully saturated rings. The van der Waals surface area contributed by atoms with Crippen LogP contribution in [0.25, 0.3) is 21.8 Å². The van der Waals surface area contributed by atoms with Gasteiger partial charge in [-0.05, 0) is 22.9 Å². The summed E-state index contributed by atoms with van der Waals surface area (Å²) in [5.74, 6) is -0.0803. The second-order valence-electron chi connectivity index (χ2n) is 4.29. The second-order valence-corrected chi connectivity index (χ2v) is 4.29. The number of hydrogen-bond donors (Lipinski definition) is 2. The molecule has 2 aromatic carbocycles. The van der Waals surface area contributed by atoms with Crippen molar-refractivity contribution in [2.24, 2.45) is 0 Å². The van der Waals surface area contributed by atoms with Crippen molar-refractivity contribution in [1.82, 2.24) is 9.97 Å². The third-order valence-electron chi connectivity index (χ3n) is 2.97. The SMILES string of the molecule is Cl.O=C(O)CCc1nc2cc3ccccc3cc2[nH]1. The number of nitrogens with zero attached hydrogens (tertiary/aromatic N) is 1. The Morgan fingerprint density at radius 3 is 2.58 bits per heavy atom. The molecule has 0 saturated carbocycles. The zero-order valence-electron chi connectivity index (χ0n) is 10.1. The van der Waals surface area contributed by atoms with E-state index in [0.717, 1.165) is 27.6 Å². The van der Waals surface area contributed by atoms with Crippen molar-refractivity contribution in [2.75, 3.05) is 0 Å². The summed E-state index contributed by atoms with van der Waals surface area (Å²) in [4.78, 5) is 18.1. The Labute approximate surface area is 115 Å². The molecule has 0 aliphatic heterocycles. The number of halogens is 1. The largest absolute Gasteiger partial charge is 0.481 e. The molecule has 0 spiro atoms. The van der Waals surface area contributed by atoms with E-state index in [-0.39, 0.29) is 18.8 Å². The number of imidazole rings is 1. The number of fused-ring (bicyclic) bond motifs is 2. The molecule has 4 nitrogen and oxygen atoms in total. The van der Waals surface area contributed by atoms with Crippen molar-refractivity contribution >= 4 is 40.2 Å². The molecule has 98 valence electrons. The summed E-state index contributed by atoms with van der Waals surface area (Å²) in [7, 11) is 0. The molecule has 0 bridgehead atoms. The number of aromatic amines is 1. The molecule has 1 aromatic heterocycles. The molecule has 0 saturated heterocycles. The molecule has 0 aliphatic carbocycles. The number of hydrogen-bond acceptors (Lipinski definition) is 2. The number of benzene rings is 2. The van der Waals surface area contributed by atoms with Crippen LogP contribution in [0.2, 0.25) is 0 Å². The maximum atomic E-state index is 10.5. The van der Waals surface area contributed by atoms with Crippen LogP contribution in [0.3, 0.4) is 0 Å². The van der Waals surface area contributed by atoms with E-state index < -0.39 is 5.97 Å². The summed E-state index contributed by atoms with van der Waals surface area (Å²) in [6.07, 6.45) is 0.527. The van der Waals surface area contributed by atoms with Gasteiger partial charge in [-0.2, -0.15) is 0 Å². The van der Waals surface area contributed by atoms with Gasteiger partial charge in [0.15, 0.2) is 0 Å². The molecule has 3 aromatic rings. The van der Waals surface area contributed by atoms with Crippen LogP contribution in [-0.2, 0) is 11.2 Å². The molecule has 0 unspecified atom stereocenters. The van der Waals surface area contributed by atoms with Crippen molar-refractivity contribution in [2.45, 2.75) is 12.8 Å². The fraction of sp³-hybridized carbons (Fsp3) is 0.143. The zero-order valence-corrected chi connectivity index (χ0v) is 10.9. The summed E-state index contributed by atoms with van der Waals surface area (Å²) >= 11 is 0. The van der Waals surface area contributed by atoms with Gasteiger partial charge in [-0.3, -0.25) is 4.79 Å². The van der Waals surface area contributed by atoms with E-state index >= 15 is 0 Å². The average Bonchev–Trinajstić information content (AvgIpc) is 2.75. The Morgan fingerprint density at radius 1 is 1.21 bits per heavy atom. The number of aromatic nitrogens is 2. The highest BCUT2D eigenvalue weighted by molar-refractivity contribution is 5.95. The standard InChI is InChI=1S/C14H12N2O2.ClH/c17-14(18)6-5-13-15-11-7-9-3-1-2-4-10(9)8-12(11)16-13;/h1-4,7-8H,5-6H2,(H,15,16)(H,17,18);1H. The van der Waals surface area contributed by atoms with E-state index in [4.69, 9.17) is 5.11 Å². The Bertz CT molecular complexity index is 684. The molecule has 5 heteroatoms.